The normalized spacial score (nSPS) is 16.2. The Bertz CT molecular complexity index is 1290. The summed E-state index contributed by atoms with van der Waals surface area (Å²) in [5, 5.41) is 4.84. The van der Waals surface area contributed by atoms with Crippen LogP contribution in [0.3, 0.4) is 0 Å². The molecule has 1 aliphatic carbocycles. The van der Waals surface area contributed by atoms with Crippen LogP contribution in [-0.2, 0) is 0 Å². The van der Waals surface area contributed by atoms with Gasteiger partial charge in [0.2, 0.25) is 0 Å². The number of benzene rings is 1. The molecule has 2 aromatic heterocycles. The van der Waals surface area contributed by atoms with Gasteiger partial charge in [0.25, 0.3) is 23.6 Å². The van der Waals surface area contributed by atoms with Gasteiger partial charge in [0.1, 0.15) is 5.69 Å². The summed E-state index contributed by atoms with van der Waals surface area (Å²) < 4.78 is 0. The van der Waals surface area contributed by atoms with Gasteiger partial charge in [-0.05, 0) is 37.1 Å². The van der Waals surface area contributed by atoms with E-state index in [9.17, 15) is 19.2 Å². The average Bonchev–Trinajstić information content (AvgIpc) is 3.53. The second-order valence-electron chi connectivity index (χ2n) is 8.19. The number of primary amides is 1. The molecular weight excluding hydrogens is 442 g/mol. The molecule has 1 aliphatic heterocycles. The van der Waals surface area contributed by atoms with Crippen molar-refractivity contribution in [2.45, 2.75) is 38.1 Å². The summed E-state index contributed by atoms with van der Waals surface area (Å²) in [6.07, 6.45) is 6.41. The lowest BCUT2D eigenvalue weighted by atomic mass is 9.94. The predicted molar refractivity (Wildman–Crippen MR) is 122 cm³/mol. The first-order chi connectivity index (χ1) is 15.9. The van der Waals surface area contributed by atoms with Gasteiger partial charge in [-0.15, -0.1) is 11.3 Å². The van der Waals surface area contributed by atoms with Crippen molar-refractivity contribution in [2.24, 2.45) is 5.73 Å². The zero-order chi connectivity index (χ0) is 23.1. The molecule has 0 radical (unpaired) electrons. The van der Waals surface area contributed by atoms with E-state index in [1.807, 2.05) is 0 Å². The third-order valence-corrected chi connectivity index (χ3v) is 6.85. The Morgan fingerprint density at radius 1 is 1.09 bits per heavy atom. The highest BCUT2D eigenvalue weighted by atomic mass is 32.1. The van der Waals surface area contributed by atoms with Crippen LogP contribution in [0.1, 0.15) is 73.7 Å². The topological polar surface area (TPSA) is 138 Å². The van der Waals surface area contributed by atoms with Gasteiger partial charge in [0, 0.05) is 28.7 Å². The van der Waals surface area contributed by atoms with Crippen molar-refractivity contribution in [3.05, 3.63) is 58.2 Å². The summed E-state index contributed by atoms with van der Waals surface area (Å²) in [5.74, 6) is -1.61. The van der Waals surface area contributed by atoms with Crippen molar-refractivity contribution in [3.8, 4) is 11.3 Å². The van der Waals surface area contributed by atoms with E-state index in [-0.39, 0.29) is 34.7 Å². The number of aromatic amines is 1. The van der Waals surface area contributed by atoms with Gasteiger partial charge in [-0.25, -0.2) is 4.98 Å². The van der Waals surface area contributed by atoms with Gasteiger partial charge >= 0.3 is 0 Å². The quantitative estimate of drug-likeness (QED) is 0.498. The number of fused-ring (bicyclic) bond motifs is 1. The molecule has 0 bridgehead atoms. The highest BCUT2D eigenvalue weighted by molar-refractivity contribution is 7.14. The first-order valence-corrected chi connectivity index (χ1v) is 11.6. The van der Waals surface area contributed by atoms with Crippen LogP contribution in [0.2, 0.25) is 0 Å². The third kappa shape index (κ3) is 3.82. The lowest BCUT2D eigenvalue weighted by Crippen LogP contribution is -2.40. The first kappa shape index (κ1) is 21.1. The molecule has 3 heterocycles. The van der Waals surface area contributed by atoms with Crippen LogP contribution in [0.4, 0.5) is 5.13 Å². The molecule has 0 spiro atoms. The summed E-state index contributed by atoms with van der Waals surface area (Å²) in [5.41, 5.74) is 7.66. The molecular formula is C23H21N5O4S. The number of thiazole rings is 1. The molecule has 0 atom stereocenters. The number of nitrogens with two attached hydrogens (primary N) is 1. The van der Waals surface area contributed by atoms with Crippen molar-refractivity contribution >= 4 is 40.1 Å². The maximum atomic E-state index is 13.0. The molecule has 10 heteroatoms. The molecule has 0 unspecified atom stereocenters. The van der Waals surface area contributed by atoms with Crippen LogP contribution < -0.4 is 11.1 Å². The molecule has 1 fully saturated rings. The third-order valence-electron chi connectivity index (χ3n) is 6.09. The minimum Gasteiger partial charge on any atom is -0.364 e. The number of nitrogens with zero attached hydrogens (tertiary/aromatic N) is 2. The number of aromatic nitrogens is 2. The van der Waals surface area contributed by atoms with Gasteiger partial charge in [-0.3, -0.25) is 29.4 Å². The fourth-order valence-electron chi connectivity index (χ4n) is 4.39. The average molecular weight is 464 g/mol. The molecule has 168 valence electrons. The van der Waals surface area contributed by atoms with E-state index in [1.54, 1.807) is 29.8 Å². The highest BCUT2D eigenvalue weighted by Crippen LogP contribution is 2.32. The van der Waals surface area contributed by atoms with Crippen LogP contribution in [0.15, 0.2) is 35.8 Å². The van der Waals surface area contributed by atoms with Gasteiger partial charge < -0.3 is 10.7 Å². The number of imide groups is 1. The Labute approximate surface area is 193 Å². The van der Waals surface area contributed by atoms with Crippen LogP contribution in [0.25, 0.3) is 11.3 Å². The molecule has 1 saturated carbocycles. The second kappa shape index (κ2) is 8.28. The Morgan fingerprint density at radius 2 is 1.85 bits per heavy atom. The van der Waals surface area contributed by atoms with E-state index in [2.05, 4.69) is 15.3 Å². The smallest absolute Gasteiger partial charge is 0.265 e. The maximum Gasteiger partial charge on any atom is 0.265 e. The van der Waals surface area contributed by atoms with Crippen molar-refractivity contribution in [3.63, 3.8) is 0 Å². The SMILES string of the molecule is NC(=O)c1cc(-c2csc(NC(=O)c3ccc4c(c3)C(=O)N(C3CCCCC3)C4=O)n2)c[nH]1. The molecule has 4 N–H and O–H groups in total. The molecule has 3 aromatic rings. The van der Waals surface area contributed by atoms with E-state index in [0.29, 0.717) is 22.0 Å². The van der Waals surface area contributed by atoms with E-state index < -0.39 is 11.8 Å². The molecule has 5 rings (SSSR count). The van der Waals surface area contributed by atoms with Gasteiger partial charge in [0.15, 0.2) is 5.13 Å². The zero-order valence-corrected chi connectivity index (χ0v) is 18.4. The summed E-state index contributed by atoms with van der Waals surface area (Å²) in [7, 11) is 0. The molecule has 33 heavy (non-hydrogen) atoms. The summed E-state index contributed by atoms with van der Waals surface area (Å²) in [6, 6.07) is 6.09. The first-order valence-electron chi connectivity index (χ1n) is 10.7. The standard InChI is InChI=1S/C23H21N5O4S/c24-19(29)17-9-13(10-25-17)18-11-33-23(26-18)27-20(30)12-6-7-15-16(8-12)22(32)28(21(15)31)14-4-2-1-3-5-14/h6-11,14,25H,1-5H2,(H2,24,29)(H,26,27,30). The number of anilines is 1. The van der Waals surface area contributed by atoms with Crippen LogP contribution in [0.5, 0.6) is 0 Å². The largest absolute Gasteiger partial charge is 0.364 e. The number of H-pyrrole nitrogens is 1. The molecule has 0 saturated heterocycles. The highest BCUT2D eigenvalue weighted by Gasteiger charge is 2.40. The number of hydrogen-bond donors (Lipinski definition) is 3. The van der Waals surface area contributed by atoms with E-state index in [1.165, 1.54) is 22.3 Å². The van der Waals surface area contributed by atoms with Crippen molar-refractivity contribution < 1.29 is 19.2 Å². The Morgan fingerprint density at radius 3 is 2.58 bits per heavy atom. The van der Waals surface area contributed by atoms with Crippen LogP contribution in [0, 0.1) is 0 Å². The van der Waals surface area contributed by atoms with Gasteiger partial charge in [-0.1, -0.05) is 19.3 Å². The van der Waals surface area contributed by atoms with Crippen molar-refractivity contribution in [1.82, 2.24) is 14.9 Å². The van der Waals surface area contributed by atoms with E-state index in [4.69, 9.17) is 5.73 Å². The summed E-state index contributed by atoms with van der Waals surface area (Å²) in [6.45, 7) is 0. The number of amides is 4. The zero-order valence-electron chi connectivity index (χ0n) is 17.6. The second-order valence-corrected chi connectivity index (χ2v) is 9.05. The Kier molecular flexibility index (Phi) is 5.29. The fourth-order valence-corrected chi connectivity index (χ4v) is 5.10. The van der Waals surface area contributed by atoms with Crippen molar-refractivity contribution in [2.75, 3.05) is 5.32 Å². The van der Waals surface area contributed by atoms with Crippen molar-refractivity contribution in [1.29, 1.82) is 0 Å². The Hall–Kier alpha value is -3.79. The fraction of sp³-hybridized carbons (Fsp3) is 0.261. The minimum atomic E-state index is -0.573. The maximum absolute atomic E-state index is 13.0. The number of carbonyl (C=O) groups excluding carboxylic acids is 4. The minimum absolute atomic E-state index is 0.0688. The number of hydrogen-bond acceptors (Lipinski definition) is 6. The molecule has 1 aromatic carbocycles. The monoisotopic (exact) mass is 463 g/mol. The van der Waals surface area contributed by atoms with Crippen LogP contribution >= 0.6 is 11.3 Å². The lowest BCUT2D eigenvalue weighted by molar-refractivity contribution is 0.0548. The summed E-state index contributed by atoms with van der Waals surface area (Å²) in [4.78, 5) is 58.4. The molecule has 4 amide bonds. The van der Waals surface area contributed by atoms with Gasteiger partial charge in [0.05, 0.1) is 16.8 Å². The van der Waals surface area contributed by atoms with E-state index >= 15 is 0 Å². The van der Waals surface area contributed by atoms with Crippen LogP contribution in [-0.4, -0.2) is 44.5 Å². The number of carbonyl (C=O) groups is 4. The molecule has 9 nitrogen and oxygen atoms in total. The predicted octanol–water partition coefficient (Wildman–Crippen LogP) is 3.42. The Balaban J connectivity index is 1.32. The summed E-state index contributed by atoms with van der Waals surface area (Å²) >= 11 is 1.23. The number of nitrogens with one attached hydrogen (secondary N) is 2. The molecule has 2 aliphatic rings. The number of rotatable bonds is 5. The van der Waals surface area contributed by atoms with Gasteiger partial charge in [-0.2, -0.15) is 0 Å². The lowest BCUT2D eigenvalue weighted by Gasteiger charge is -2.29. The van der Waals surface area contributed by atoms with E-state index in [0.717, 1.165) is 32.1 Å².